The molecule has 18 heavy (non-hydrogen) atoms. The topological polar surface area (TPSA) is 30.7 Å². The van der Waals surface area contributed by atoms with E-state index in [0.29, 0.717) is 17.8 Å². The lowest BCUT2D eigenvalue weighted by Crippen LogP contribution is -2.19. The van der Waals surface area contributed by atoms with Gasteiger partial charge >= 0.3 is 6.18 Å². The number of pyridine rings is 1. The summed E-state index contributed by atoms with van der Waals surface area (Å²) in [6.07, 6.45) is -0.442. The molecule has 0 saturated heterocycles. The van der Waals surface area contributed by atoms with E-state index in [1.807, 2.05) is 12.1 Å². The van der Waals surface area contributed by atoms with Crippen molar-refractivity contribution in [3.8, 4) is 0 Å². The van der Waals surface area contributed by atoms with Crippen molar-refractivity contribution in [3.05, 3.63) is 47.5 Å². The van der Waals surface area contributed by atoms with E-state index < -0.39 is 12.7 Å². The fourth-order valence-electron chi connectivity index (χ4n) is 1.70. The van der Waals surface area contributed by atoms with Crippen LogP contribution in [-0.2, 0) is 13.0 Å². The molecule has 0 bridgehead atoms. The number of hydrogen-bond donors (Lipinski definition) is 0. The maximum atomic E-state index is 12.3. The Hall–Kier alpha value is -1.85. The second-order valence-electron chi connectivity index (χ2n) is 4.08. The summed E-state index contributed by atoms with van der Waals surface area (Å²) in [6.45, 7) is 0.573. The van der Waals surface area contributed by atoms with Crippen LogP contribution in [0.1, 0.15) is 17.0 Å². The van der Waals surface area contributed by atoms with Crippen LogP contribution in [0.3, 0.4) is 0 Å². The van der Waals surface area contributed by atoms with Crippen LogP contribution in [0.15, 0.2) is 30.6 Å². The Morgan fingerprint density at radius 3 is 2.50 bits per heavy atom. The van der Waals surface area contributed by atoms with Crippen LogP contribution < -0.4 is 0 Å². The summed E-state index contributed by atoms with van der Waals surface area (Å²) in [5.41, 5.74) is 2.11. The molecule has 0 spiro atoms. The van der Waals surface area contributed by atoms with Crippen molar-refractivity contribution in [2.45, 2.75) is 26.1 Å². The molecule has 0 amide bonds. The molecular weight excluding hydrogens is 243 g/mol. The van der Waals surface area contributed by atoms with Crippen LogP contribution in [-0.4, -0.2) is 20.9 Å². The highest BCUT2D eigenvalue weighted by molar-refractivity contribution is 5.20. The molecule has 0 radical (unpaired) electrons. The van der Waals surface area contributed by atoms with E-state index >= 15 is 0 Å². The fraction of sp³-hybridized carbons (Fsp3) is 0.333. The van der Waals surface area contributed by atoms with Crippen LogP contribution in [0.4, 0.5) is 13.2 Å². The van der Waals surface area contributed by atoms with Gasteiger partial charge in [-0.05, 0) is 30.7 Å². The van der Waals surface area contributed by atoms with E-state index in [2.05, 4.69) is 10.1 Å². The van der Waals surface area contributed by atoms with Crippen molar-refractivity contribution < 1.29 is 13.2 Å². The predicted molar refractivity (Wildman–Crippen MR) is 60.1 cm³/mol. The highest BCUT2D eigenvalue weighted by Gasteiger charge is 2.29. The number of hydrogen-bond acceptors (Lipinski definition) is 2. The van der Waals surface area contributed by atoms with Crippen LogP contribution >= 0.6 is 0 Å². The average molecular weight is 255 g/mol. The molecule has 0 aromatic carbocycles. The van der Waals surface area contributed by atoms with Crippen molar-refractivity contribution in [3.63, 3.8) is 0 Å². The lowest BCUT2D eigenvalue weighted by atomic mass is 10.1. The molecule has 0 atom stereocenters. The zero-order chi connectivity index (χ0) is 13.2. The molecule has 2 heterocycles. The molecule has 6 heteroatoms. The van der Waals surface area contributed by atoms with Gasteiger partial charge in [-0.15, -0.1) is 0 Å². The van der Waals surface area contributed by atoms with Crippen LogP contribution in [0.2, 0.25) is 0 Å². The van der Waals surface area contributed by atoms with Crippen molar-refractivity contribution in [2.24, 2.45) is 0 Å². The van der Waals surface area contributed by atoms with Gasteiger partial charge in [0.15, 0.2) is 0 Å². The first-order valence-corrected chi connectivity index (χ1v) is 5.43. The van der Waals surface area contributed by atoms with Gasteiger partial charge in [0, 0.05) is 24.5 Å². The van der Waals surface area contributed by atoms with Gasteiger partial charge in [-0.1, -0.05) is 0 Å². The van der Waals surface area contributed by atoms with Gasteiger partial charge in [-0.3, -0.25) is 9.67 Å². The number of alkyl halides is 3. The van der Waals surface area contributed by atoms with Gasteiger partial charge < -0.3 is 0 Å². The second-order valence-corrected chi connectivity index (χ2v) is 4.08. The van der Waals surface area contributed by atoms with Gasteiger partial charge in [-0.2, -0.15) is 18.3 Å². The van der Waals surface area contributed by atoms with E-state index in [1.165, 1.54) is 0 Å². The number of aromatic nitrogens is 3. The number of aryl methyl sites for hydroxylation is 1. The van der Waals surface area contributed by atoms with Gasteiger partial charge in [0.25, 0.3) is 0 Å². The smallest absolute Gasteiger partial charge is 0.265 e. The summed E-state index contributed by atoms with van der Waals surface area (Å²) in [5, 5.41) is 3.97. The lowest BCUT2D eigenvalue weighted by molar-refractivity contribution is -0.142. The highest BCUT2D eigenvalue weighted by atomic mass is 19.4. The van der Waals surface area contributed by atoms with E-state index in [1.54, 1.807) is 25.4 Å². The molecule has 2 aromatic heterocycles. The lowest BCUT2D eigenvalue weighted by Gasteiger charge is -2.07. The SMILES string of the molecule is Cc1cc(Cc2ccncc2)nn1CC(F)(F)F. The number of halogens is 3. The molecule has 0 fully saturated rings. The van der Waals surface area contributed by atoms with Gasteiger partial charge in [-0.25, -0.2) is 0 Å². The standard InChI is InChI=1S/C12H12F3N3/c1-9-6-11(7-10-2-4-16-5-3-10)17-18(9)8-12(13,14)15/h2-6H,7-8H2,1H3. The van der Waals surface area contributed by atoms with Gasteiger partial charge in [0.1, 0.15) is 6.54 Å². The molecule has 0 saturated carbocycles. The van der Waals surface area contributed by atoms with E-state index in [-0.39, 0.29) is 0 Å². The third-order valence-corrected chi connectivity index (χ3v) is 2.50. The van der Waals surface area contributed by atoms with Crippen molar-refractivity contribution in [2.75, 3.05) is 0 Å². The van der Waals surface area contributed by atoms with Crippen LogP contribution in [0, 0.1) is 6.92 Å². The molecule has 2 aromatic rings. The van der Waals surface area contributed by atoms with Crippen molar-refractivity contribution in [1.29, 1.82) is 0 Å². The van der Waals surface area contributed by atoms with Crippen LogP contribution in [0.25, 0.3) is 0 Å². The predicted octanol–water partition coefficient (Wildman–Crippen LogP) is 2.74. The molecule has 0 aliphatic carbocycles. The quantitative estimate of drug-likeness (QED) is 0.844. The Labute approximate surface area is 102 Å². The first-order valence-electron chi connectivity index (χ1n) is 5.43. The summed E-state index contributed by atoms with van der Waals surface area (Å²) in [7, 11) is 0. The van der Waals surface area contributed by atoms with Gasteiger partial charge in [0.05, 0.1) is 5.69 Å². The fourth-order valence-corrected chi connectivity index (χ4v) is 1.70. The molecule has 0 unspecified atom stereocenters. The van der Waals surface area contributed by atoms with Crippen molar-refractivity contribution >= 4 is 0 Å². The summed E-state index contributed by atoms with van der Waals surface area (Å²) in [4.78, 5) is 3.88. The molecule has 3 nitrogen and oxygen atoms in total. The Morgan fingerprint density at radius 1 is 1.22 bits per heavy atom. The molecule has 96 valence electrons. The normalized spacial score (nSPS) is 11.8. The number of nitrogens with zero attached hydrogens (tertiary/aromatic N) is 3. The van der Waals surface area contributed by atoms with Crippen LogP contribution in [0.5, 0.6) is 0 Å². The Kier molecular flexibility index (Phi) is 3.36. The zero-order valence-corrected chi connectivity index (χ0v) is 9.78. The van der Waals surface area contributed by atoms with Gasteiger partial charge in [0.2, 0.25) is 0 Å². The molecule has 2 rings (SSSR count). The van der Waals surface area contributed by atoms with E-state index in [4.69, 9.17) is 0 Å². The highest BCUT2D eigenvalue weighted by Crippen LogP contribution is 2.19. The first kappa shape index (κ1) is 12.6. The molecule has 0 aliphatic rings. The summed E-state index contributed by atoms with van der Waals surface area (Å²) in [6, 6.07) is 5.31. The number of rotatable bonds is 3. The Balaban J connectivity index is 2.14. The Morgan fingerprint density at radius 2 is 1.89 bits per heavy atom. The third-order valence-electron chi connectivity index (χ3n) is 2.50. The first-order chi connectivity index (χ1) is 8.44. The summed E-state index contributed by atoms with van der Waals surface area (Å²) in [5.74, 6) is 0. The second kappa shape index (κ2) is 4.80. The minimum atomic E-state index is -4.25. The van der Waals surface area contributed by atoms with E-state index in [0.717, 1.165) is 10.2 Å². The third kappa shape index (κ3) is 3.32. The summed E-state index contributed by atoms with van der Waals surface area (Å²) < 4.78 is 37.8. The maximum Gasteiger partial charge on any atom is 0.408 e. The molecule has 0 aliphatic heterocycles. The van der Waals surface area contributed by atoms with E-state index in [9.17, 15) is 13.2 Å². The van der Waals surface area contributed by atoms with Crippen molar-refractivity contribution in [1.82, 2.24) is 14.8 Å². The average Bonchev–Trinajstić information content (AvgIpc) is 2.58. The minimum Gasteiger partial charge on any atom is -0.265 e. The maximum absolute atomic E-state index is 12.3. The molecule has 0 N–H and O–H groups in total. The summed E-state index contributed by atoms with van der Waals surface area (Å²) >= 11 is 0. The minimum absolute atomic E-state index is 0.508. The Bertz CT molecular complexity index is 517. The monoisotopic (exact) mass is 255 g/mol. The zero-order valence-electron chi connectivity index (χ0n) is 9.78. The largest absolute Gasteiger partial charge is 0.408 e. The molecular formula is C12H12F3N3.